The van der Waals surface area contributed by atoms with Gasteiger partial charge in [0.15, 0.2) is 0 Å². The van der Waals surface area contributed by atoms with Crippen molar-refractivity contribution in [1.29, 1.82) is 0 Å². The van der Waals surface area contributed by atoms with Crippen LogP contribution in [0.3, 0.4) is 0 Å². The fraction of sp³-hybridized carbons (Fsp3) is 0.292. The average molecular weight is 505 g/mol. The molecule has 0 bridgehead atoms. The zero-order chi connectivity index (χ0) is 24.8. The lowest BCUT2D eigenvalue weighted by molar-refractivity contribution is -0.135. The molecule has 0 spiro atoms. The zero-order valence-corrected chi connectivity index (χ0v) is 20.2. The second kappa shape index (κ2) is 11.4. The largest absolute Gasteiger partial charge is 0.361 e. The molecule has 1 heterocycles. The Balaban J connectivity index is 1.80. The lowest BCUT2D eigenvalue weighted by atomic mass is 9.96. The van der Waals surface area contributed by atoms with E-state index >= 15 is 0 Å². The van der Waals surface area contributed by atoms with Crippen LogP contribution in [0.15, 0.2) is 48.7 Å². The van der Waals surface area contributed by atoms with Gasteiger partial charge in [-0.05, 0) is 35.7 Å². The van der Waals surface area contributed by atoms with Gasteiger partial charge in [0, 0.05) is 29.1 Å². The second-order valence-corrected chi connectivity index (χ2v) is 8.88. The van der Waals surface area contributed by atoms with E-state index in [2.05, 4.69) is 15.6 Å². The lowest BCUT2D eigenvalue weighted by Gasteiger charge is -2.26. The van der Waals surface area contributed by atoms with E-state index in [1.54, 1.807) is 11.7 Å². The maximum atomic E-state index is 13.2. The van der Waals surface area contributed by atoms with Crippen molar-refractivity contribution in [2.75, 3.05) is 0 Å². The van der Waals surface area contributed by atoms with Crippen LogP contribution in [-0.2, 0) is 16.0 Å². The molecule has 0 saturated heterocycles. The summed E-state index contributed by atoms with van der Waals surface area (Å²) in [5.41, 5.74) is 3.55. The van der Waals surface area contributed by atoms with Gasteiger partial charge in [-0.2, -0.15) is 0 Å². The molecule has 0 fully saturated rings. The summed E-state index contributed by atoms with van der Waals surface area (Å²) in [7, 11) is 0. The van der Waals surface area contributed by atoms with E-state index < -0.39 is 29.8 Å². The van der Waals surface area contributed by atoms with Crippen LogP contribution in [-0.4, -0.2) is 40.0 Å². The van der Waals surface area contributed by atoms with E-state index in [1.165, 1.54) is 18.2 Å². The van der Waals surface area contributed by atoms with Gasteiger partial charge in [0.2, 0.25) is 5.91 Å². The number of halogens is 2. The smallest absolute Gasteiger partial charge is 0.266 e. The lowest BCUT2D eigenvalue weighted by Crippen LogP contribution is -2.56. The highest BCUT2D eigenvalue weighted by atomic mass is 35.5. The number of para-hydroxylation sites is 1. The third-order valence-corrected chi connectivity index (χ3v) is 6.55. The molecular weight excluding hydrogens is 479 g/mol. The average Bonchev–Trinajstić information content (AvgIpc) is 3.25. The van der Waals surface area contributed by atoms with E-state index in [-0.39, 0.29) is 22.9 Å². The van der Waals surface area contributed by atoms with Crippen molar-refractivity contribution in [3.05, 3.63) is 69.8 Å². The molecule has 1 aromatic heterocycles. The Morgan fingerprint density at radius 2 is 1.76 bits per heavy atom. The third-order valence-electron chi connectivity index (χ3n) is 5.81. The van der Waals surface area contributed by atoms with Gasteiger partial charge in [0.25, 0.3) is 11.8 Å². The molecule has 3 atom stereocenters. The number of aromatic nitrogens is 1. The van der Waals surface area contributed by atoms with Crippen LogP contribution in [0, 0.1) is 5.92 Å². The molecule has 0 saturated carbocycles. The van der Waals surface area contributed by atoms with Crippen molar-refractivity contribution < 1.29 is 19.6 Å². The molecular formula is C24H26Cl2N4O4. The molecule has 3 aromatic rings. The molecule has 0 aliphatic carbocycles. The normalized spacial score (nSPS) is 13.7. The van der Waals surface area contributed by atoms with Gasteiger partial charge in [-0.25, -0.2) is 5.48 Å². The zero-order valence-electron chi connectivity index (χ0n) is 18.7. The van der Waals surface area contributed by atoms with Gasteiger partial charge in [-0.15, -0.1) is 0 Å². The van der Waals surface area contributed by atoms with Gasteiger partial charge in [-0.1, -0.05) is 61.7 Å². The summed E-state index contributed by atoms with van der Waals surface area (Å²) in [5.74, 6) is -2.05. The Hall–Kier alpha value is -3.07. The van der Waals surface area contributed by atoms with Crippen LogP contribution in [0.4, 0.5) is 0 Å². The molecule has 8 nitrogen and oxygen atoms in total. The predicted molar refractivity (Wildman–Crippen MR) is 131 cm³/mol. The summed E-state index contributed by atoms with van der Waals surface area (Å²) in [5, 5.41) is 16.1. The Kier molecular flexibility index (Phi) is 8.55. The van der Waals surface area contributed by atoms with Crippen molar-refractivity contribution in [2.45, 2.75) is 38.8 Å². The van der Waals surface area contributed by atoms with Crippen molar-refractivity contribution in [2.24, 2.45) is 5.92 Å². The Morgan fingerprint density at radius 3 is 2.44 bits per heavy atom. The number of nitrogens with one attached hydrogen (secondary N) is 4. The molecule has 0 unspecified atom stereocenters. The first-order valence-corrected chi connectivity index (χ1v) is 11.6. The Bertz CT molecular complexity index is 1200. The topological polar surface area (TPSA) is 123 Å². The number of fused-ring (bicyclic) bond motifs is 1. The molecule has 180 valence electrons. The minimum atomic E-state index is -1.06. The minimum Gasteiger partial charge on any atom is -0.361 e. The van der Waals surface area contributed by atoms with E-state index in [0.717, 1.165) is 16.5 Å². The number of hydroxylamine groups is 1. The van der Waals surface area contributed by atoms with Gasteiger partial charge in [-0.3, -0.25) is 19.6 Å². The maximum Gasteiger partial charge on any atom is 0.266 e. The monoisotopic (exact) mass is 504 g/mol. The summed E-state index contributed by atoms with van der Waals surface area (Å²) in [4.78, 5) is 41.5. The Labute approximate surface area is 207 Å². The van der Waals surface area contributed by atoms with E-state index in [9.17, 15) is 19.6 Å². The molecule has 2 aromatic carbocycles. The molecule has 0 aliphatic heterocycles. The number of carbonyl (C=O) groups is 3. The van der Waals surface area contributed by atoms with E-state index in [4.69, 9.17) is 23.2 Å². The molecule has 34 heavy (non-hydrogen) atoms. The number of amides is 3. The van der Waals surface area contributed by atoms with Crippen LogP contribution >= 0.6 is 23.2 Å². The summed E-state index contributed by atoms with van der Waals surface area (Å²) in [6.45, 7) is 3.71. The first-order valence-electron chi connectivity index (χ1n) is 10.8. The number of hydrogen-bond donors (Lipinski definition) is 5. The maximum absolute atomic E-state index is 13.2. The molecule has 3 amide bonds. The van der Waals surface area contributed by atoms with Crippen molar-refractivity contribution in [3.8, 4) is 0 Å². The fourth-order valence-corrected chi connectivity index (χ4v) is 3.93. The SMILES string of the molecule is CC[C@H](C)[C@H](NC(=O)c1ccc(Cl)c(Cl)c1)C(=O)N[C@@H](Cc1c[nH]c2ccccc12)C(=O)NO. The highest BCUT2D eigenvalue weighted by molar-refractivity contribution is 6.42. The summed E-state index contributed by atoms with van der Waals surface area (Å²) >= 11 is 11.9. The molecule has 0 radical (unpaired) electrons. The van der Waals surface area contributed by atoms with Gasteiger partial charge < -0.3 is 15.6 Å². The Morgan fingerprint density at radius 1 is 1.03 bits per heavy atom. The standard InChI is InChI=1S/C24H26Cl2N4O4/c1-3-13(2)21(29-22(31)14-8-9-17(25)18(26)10-14)24(33)28-20(23(32)30-34)11-15-12-27-19-7-5-4-6-16(15)19/h4-10,12-13,20-21,27,34H,3,11H2,1-2H3,(H,28,33)(H,29,31)(H,30,32)/t13-,20-,21-/m0/s1. The minimum absolute atomic E-state index is 0.135. The van der Waals surface area contributed by atoms with Crippen molar-refractivity contribution in [3.63, 3.8) is 0 Å². The van der Waals surface area contributed by atoms with Crippen LogP contribution in [0.1, 0.15) is 36.2 Å². The molecule has 0 aliphatic rings. The van der Waals surface area contributed by atoms with Crippen LogP contribution < -0.4 is 16.1 Å². The van der Waals surface area contributed by atoms with Crippen LogP contribution in [0.2, 0.25) is 10.0 Å². The number of hydrogen-bond acceptors (Lipinski definition) is 4. The quantitative estimate of drug-likeness (QED) is 0.224. The summed E-state index contributed by atoms with van der Waals surface area (Å²) in [6, 6.07) is 9.99. The van der Waals surface area contributed by atoms with Gasteiger partial charge in [0.05, 0.1) is 10.0 Å². The number of H-pyrrole nitrogens is 1. The highest BCUT2D eigenvalue weighted by Crippen LogP contribution is 2.23. The first-order chi connectivity index (χ1) is 16.2. The van der Waals surface area contributed by atoms with Crippen molar-refractivity contribution in [1.82, 2.24) is 21.1 Å². The van der Waals surface area contributed by atoms with E-state index in [0.29, 0.717) is 11.4 Å². The van der Waals surface area contributed by atoms with Crippen molar-refractivity contribution >= 4 is 51.8 Å². The number of benzene rings is 2. The molecule has 10 heteroatoms. The fourth-order valence-electron chi connectivity index (χ4n) is 3.63. The molecule has 3 rings (SSSR count). The highest BCUT2D eigenvalue weighted by Gasteiger charge is 2.30. The third kappa shape index (κ3) is 5.88. The molecule has 5 N–H and O–H groups in total. The van der Waals surface area contributed by atoms with Gasteiger partial charge >= 0.3 is 0 Å². The summed E-state index contributed by atoms with van der Waals surface area (Å²) in [6.07, 6.45) is 2.49. The van der Waals surface area contributed by atoms with E-state index in [1.807, 2.05) is 38.1 Å². The number of aromatic amines is 1. The first kappa shape index (κ1) is 25.6. The summed E-state index contributed by atoms with van der Waals surface area (Å²) < 4.78 is 0. The second-order valence-electron chi connectivity index (χ2n) is 8.07. The van der Waals surface area contributed by atoms with Gasteiger partial charge in [0.1, 0.15) is 12.1 Å². The predicted octanol–water partition coefficient (Wildman–Crippen LogP) is 3.85. The number of carbonyl (C=O) groups excluding carboxylic acids is 3. The number of rotatable bonds is 9. The van der Waals surface area contributed by atoms with Crippen LogP contribution in [0.5, 0.6) is 0 Å². The van der Waals surface area contributed by atoms with Crippen LogP contribution in [0.25, 0.3) is 10.9 Å².